The number of ether oxygens (including phenoxy) is 1. The first-order valence-corrected chi connectivity index (χ1v) is 11.0. The molecule has 0 bridgehead atoms. The molecule has 0 saturated heterocycles. The van der Waals surface area contributed by atoms with Gasteiger partial charge in [-0.1, -0.05) is 51.0 Å². The maximum absolute atomic E-state index is 12.4. The predicted molar refractivity (Wildman–Crippen MR) is 116 cm³/mol. The van der Waals surface area contributed by atoms with Gasteiger partial charge in [0.1, 0.15) is 6.10 Å². The molecule has 3 heteroatoms. The topological polar surface area (TPSA) is 50.1 Å². The molecule has 1 saturated carbocycles. The highest BCUT2D eigenvalue weighted by Crippen LogP contribution is 2.38. The molecule has 29 heavy (non-hydrogen) atoms. The third-order valence-corrected chi connectivity index (χ3v) is 6.37. The summed E-state index contributed by atoms with van der Waals surface area (Å²) < 4.78 is 5.54. The molecule has 0 N–H and O–H groups in total. The first-order valence-electron chi connectivity index (χ1n) is 11.0. The van der Waals surface area contributed by atoms with Gasteiger partial charge in [0.15, 0.2) is 0 Å². The number of rotatable bonds is 6. The summed E-state index contributed by atoms with van der Waals surface area (Å²) in [6.07, 6.45) is 14.6. The van der Waals surface area contributed by atoms with E-state index in [-0.39, 0.29) is 5.97 Å². The number of nitrogens with zero attached hydrogens (tertiary/aromatic N) is 1. The molecule has 3 nitrogen and oxygen atoms in total. The lowest BCUT2D eigenvalue weighted by Gasteiger charge is -2.29. The zero-order valence-corrected chi connectivity index (χ0v) is 17.9. The van der Waals surface area contributed by atoms with Crippen molar-refractivity contribution in [1.82, 2.24) is 0 Å². The lowest BCUT2D eigenvalue weighted by molar-refractivity contribution is 0.0459. The molecule has 2 aliphatic rings. The first-order chi connectivity index (χ1) is 13.9. The van der Waals surface area contributed by atoms with Crippen molar-refractivity contribution in [2.24, 2.45) is 17.3 Å². The third-order valence-electron chi connectivity index (χ3n) is 6.37. The molecule has 0 atom stereocenters. The Bertz CT molecular complexity index is 775. The minimum atomic E-state index is -0.613. The molecule has 1 aromatic carbocycles. The zero-order chi connectivity index (χ0) is 20.9. The molecule has 3 rings (SSSR count). The van der Waals surface area contributed by atoms with Crippen LogP contribution in [0, 0.1) is 28.6 Å². The smallest absolute Gasteiger partial charge is 0.339 e. The second-order valence-electron chi connectivity index (χ2n) is 9.29. The molecule has 0 unspecified atom stereocenters. The van der Waals surface area contributed by atoms with Gasteiger partial charge < -0.3 is 4.74 Å². The van der Waals surface area contributed by atoms with Crippen molar-refractivity contribution in [1.29, 1.82) is 5.26 Å². The van der Waals surface area contributed by atoms with Crippen molar-refractivity contribution < 1.29 is 9.53 Å². The van der Waals surface area contributed by atoms with Gasteiger partial charge in [-0.2, -0.15) is 5.26 Å². The average molecular weight is 392 g/mol. The maximum Gasteiger partial charge on any atom is 0.339 e. The molecule has 0 radical (unpaired) electrons. The van der Waals surface area contributed by atoms with Crippen LogP contribution in [0.3, 0.4) is 0 Å². The van der Waals surface area contributed by atoms with Crippen LogP contribution in [0.25, 0.3) is 0 Å². The fraction of sp³-hybridized carbons (Fsp3) is 0.538. The van der Waals surface area contributed by atoms with Gasteiger partial charge in [-0.25, -0.2) is 4.79 Å². The maximum atomic E-state index is 12.4. The molecule has 0 aromatic heterocycles. The van der Waals surface area contributed by atoms with E-state index in [1.54, 1.807) is 24.3 Å². The number of carbonyl (C=O) groups is 1. The van der Waals surface area contributed by atoms with Gasteiger partial charge in [-0.05, 0) is 80.2 Å². The number of esters is 1. The van der Waals surface area contributed by atoms with E-state index in [1.165, 1.54) is 44.1 Å². The number of benzene rings is 1. The Balaban J connectivity index is 1.50. The minimum Gasteiger partial charge on any atom is -0.450 e. The van der Waals surface area contributed by atoms with Gasteiger partial charge in [-0.3, -0.25) is 0 Å². The third kappa shape index (κ3) is 5.82. The van der Waals surface area contributed by atoms with Gasteiger partial charge in [0.2, 0.25) is 0 Å². The summed E-state index contributed by atoms with van der Waals surface area (Å²) in [5.41, 5.74) is 1.30. The molecular formula is C26H33NO2. The van der Waals surface area contributed by atoms with Crippen molar-refractivity contribution in [2.75, 3.05) is 0 Å². The fourth-order valence-electron chi connectivity index (χ4n) is 4.30. The van der Waals surface area contributed by atoms with E-state index >= 15 is 0 Å². The lowest BCUT2D eigenvalue weighted by Crippen LogP contribution is -2.20. The van der Waals surface area contributed by atoms with Crippen LogP contribution < -0.4 is 0 Å². The predicted octanol–water partition coefficient (Wildman–Crippen LogP) is 6.58. The number of carbonyl (C=O) groups excluding carboxylic acids is 1. The molecule has 1 fully saturated rings. The Morgan fingerprint density at radius 2 is 1.76 bits per heavy atom. The number of hydrogen-bond acceptors (Lipinski definition) is 3. The van der Waals surface area contributed by atoms with Gasteiger partial charge in [0.05, 0.1) is 17.0 Å². The number of nitriles is 1. The molecule has 1 aromatic rings. The summed E-state index contributed by atoms with van der Waals surface area (Å²) in [5.74, 6) is 1.98. The summed E-state index contributed by atoms with van der Waals surface area (Å²) in [5, 5.41) is 9.13. The van der Waals surface area contributed by atoms with Crippen molar-refractivity contribution in [2.45, 2.75) is 71.3 Å². The van der Waals surface area contributed by atoms with Crippen LogP contribution in [-0.2, 0) is 4.74 Å². The Morgan fingerprint density at radius 3 is 2.31 bits per heavy atom. The normalized spacial score (nSPS) is 28.9. The van der Waals surface area contributed by atoms with Crippen molar-refractivity contribution >= 4 is 5.97 Å². The van der Waals surface area contributed by atoms with Crippen LogP contribution in [-0.4, -0.2) is 12.1 Å². The van der Waals surface area contributed by atoms with E-state index in [1.807, 2.05) is 19.1 Å². The van der Waals surface area contributed by atoms with Gasteiger partial charge in [-0.15, -0.1) is 0 Å². The van der Waals surface area contributed by atoms with Crippen LogP contribution in [0.15, 0.2) is 48.6 Å². The second-order valence-corrected chi connectivity index (χ2v) is 9.29. The van der Waals surface area contributed by atoms with E-state index in [0.29, 0.717) is 11.5 Å². The van der Waals surface area contributed by atoms with Crippen molar-refractivity contribution in [3.05, 3.63) is 59.7 Å². The summed E-state index contributed by atoms with van der Waals surface area (Å²) >= 11 is 0. The van der Waals surface area contributed by atoms with E-state index in [0.717, 1.165) is 11.8 Å². The Hall–Kier alpha value is -2.34. The highest BCUT2D eigenvalue weighted by Gasteiger charge is 2.24. The summed E-state index contributed by atoms with van der Waals surface area (Å²) in [7, 11) is 0. The largest absolute Gasteiger partial charge is 0.450 e. The Labute approximate surface area is 175 Å². The monoisotopic (exact) mass is 391 g/mol. The van der Waals surface area contributed by atoms with E-state index in [4.69, 9.17) is 10.00 Å². The van der Waals surface area contributed by atoms with Crippen LogP contribution in [0.4, 0.5) is 0 Å². The van der Waals surface area contributed by atoms with E-state index in [2.05, 4.69) is 32.0 Å². The summed E-state index contributed by atoms with van der Waals surface area (Å²) in [4.78, 5) is 12.4. The van der Waals surface area contributed by atoms with Gasteiger partial charge in [0.25, 0.3) is 0 Å². The van der Waals surface area contributed by atoms with Crippen molar-refractivity contribution in [3.63, 3.8) is 0 Å². The number of hydrogen-bond donors (Lipinski definition) is 0. The second kappa shape index (κ2) is 9.44. The number of allylic oxidation sites excluding steroid dienone is 2. The van der Waals surface area contributed by atoms with Crippen molar-refractivity contribution in [3.8, 4) is 6.07 Å². The first kappa shape index (κ1) is 21.4. The molecule has 0 heterocycles. The van der Waals surface area contributed by atoms with Crippen LogP contribution >= 0.6 is 0 Å². The molecule has 0 amide bonds. The Morgan fingerprint density at radius 1 is 1.14 bits per heavy atom. The lowest BCUT2D eigenvalue weighted by atomic mass is 9.76. The van der Waals surface area contributed by atoms with E-state index in [9.17, 15) is 4.79 Å². The van der Waals surface area contributed by atoms with Crippen LogP contribution in [0.5, 0.6) is 0 Å². The molecule has 2 aliphatic carbocycles. The Kier molecular flexibility index (Phi) is 6.96. The summed E-state index contributed by atoms with van der Waals surface area (Å²) in [6.45, 7) is 6.44. The van der Waals surface area contributed by atoms with Crippen LogP contribution in [0.1, 0.15) is 81.1 Å². The van der Waals surface area contributed by atoms with Crippen LogP contribution in [0.2, 0.25) is 0 Å². The highest BCUT2D eigenvalue weighted by molar-refractivity contribution is 5.89. The van der Waals surface area contributed by atoms with Gasteiger partial charge >= 0.3 is 5.97 Å². The SMILES string of the molecule is CC(C)CCC1CCC(c2ccc(C(=O)OC3C=CC(C)(C#N)C=C3)cc2)CC1. The highest BCUT2D eigenvalue weighted by atomic mass is 16.5. The molecule has 0 aliphatic heterocycles. The zero-order valence-electron chi connectivity index (χ0n) is 17.9. The fourth-order valence-corrected chi connectivity index (χ4v) is 4.30. The van der Waals surface area contributed by atoms with Gasteiger partial charge in [0, 0.05) is 0 Å². The quantitative estimate of drug-likeness (QED) is 0.406. The average Bonchev–Trinajstić information content (AvgIpc) is 2.74. The van der Waals surface area contributed by atoms with E-state index < -0.39 is 11.5 Å². The standard InChI is InChI=1S/C26H33NO2/c1-19(2)4-5-20-6-8-21(9-7-20)22-10-12-23(13-11-22)25(28)29-24-14-16-26(3,18-27)17-15-24/h10-17,19-21,24H,4-9H2,1-3H3. The molecule has 154 valence electrons. The minimum absolute atomic E-state index is 0.325. The molecular weight excluding hydrogens is 358 g/mol. The summed E-state index contributed by atoms with van der Waals surface area (Å²) in [6, 6.07) is 10.2. The molecule has 0 spiro atoms.